The Morgan fingerprint density at radius 2 is 1.91 bits per heavy atom. The van der Waals surface area contributed by atoms with Gasteiger partial charge in [0.05, 0.1) is 17.0 Å². The Kier molecular flexibility index (Phi) is 6.10. The normalized spacial score (nSPS) is 19.3. The summed E-state index contributed by atoms with van der Waals surface area (Å²) in [4.78, 5) is 4.87. The Hall–Kier alpha value is -2.15. The summed E-state index contributed by atoms with van der Waals surface area (Å²) in [5.74, 6) is 1.35. The number of hydrogen-bond donors (Lipinski definition) is 1. The van der Waals surface area contributed by atoms with Crippen LogP contribution in [-0.2, 0) is 35.8 Å². The maximum atomic E-state index is 11.7. The van der Waals surface area contributed by atoms with Crippen LogP contribution in [-0.4, -0.2) is 31.5 Å². The van der Waals surface area contributed by atoms with E-state index < -0.39 is 9.84 Å². The molecule has 5 rings (SSSR count). The Balaban J connectivity index is 1.38. The van der Waals surface area contributed by atoms with Gasteiger partial charge in [-0.1, -0.05) is 29.8 Å². The first-order valence-electron chi connectivity index (χ1n) is 11.2. The zero-order valence-electron chi connectivity index (χ0n) is 17.9. The molecule has 168 valence electrons. The first-order valence-corrected chi connectivity index (χ1v) is 13.4. The van der Waals surface area contributed by atoms with E-state index in [2.05, 4.69) is 23.5 Å². The third kappa shape index (κ3) is 4.77. The summed E-state index contributed by atoms with van der Waals surface area (Å²) in [6.45, 7) is 1.59. The number of halogens is 1. The third-order valence-corrected chi connectivity index (χ3v) is 8.67. The number of rotatable bonds is 7. The molecule has 2 heterocycles. The summed E-state index contributed by atoms with van der Waals surface area (Å²) >= 11 is 6.31. The monoisotopic (exact) mass is 470 g/mol. The summed E-state index contributed by atoms with van der Waals surface area (Å²) in [6, 6.07) is 14.3. The van der Waals surface area contributed by atoms with E-state index in [1.807, 2.05) is 24.3 Å². The maximum Gasteiger partial charge on any atom is 0.218 e. The molecular formula is C25H27ClN2O3S. The smallest absolute Gasteiger partial charge is 0.218 e. The molecule has 1 N–H and O–H groups in total. The Morgan fingerprint density at radius 1 is 1.09 bits per heavy atom. The second kappa shape index (κ2) is 9.00. The molecule has 1 atom stereocenters. The number of fused-ring (bicyclic) bond motifs is 2. The van der Waals surface area contributed by atoms with Gasteiger partial charge in [-0.2, -0.15) is 0 Å². The van der Waals surface area contributed by atoms with E-state index in [0.29, 0.717) is 36.4 Å². The second-order valence-electron chi connectivity index (χ2n) is 8.90. The highest BCUT2D eigenvalue weighted by atomic mass is 35.5. The standard InChI is InChI=1S/C25H27ClN2O3S/c26-23-7-2-1-4-20(23)15-31-25-22(14-27-13-17-8-9-32(29,30)16-17)11-21-10-18-5-3-6-19(18)12-24(21)28-25/h1-2,4,7,10-12,17,27H,3,5-6,8-9,13-16H2. The lowest BCUT2D eigenvalue weighted by atomic mass is 10.0. The van der Waals surface area contributed by atoms with E-state index in [0.717, 1.165) is 41.3 Å². The number of ether oxygens (including phenoxy) is 1. The largest absolute Gasteiger partial charge is 0.472 e. The van der Waals surface area contributed by atoms with Crippen molar-refractivity contribution in [3.8, 4) is 5.88 Å². The number of aromatic nitrogens is 1. The van der Waals surface area contributed by atoms with E-state index in [4.69, 9.17) is 21.3 Å². The molecule has 1 aromatic heterocycles. The first-order chi connectivity index (χ1) is 15.5. The van der Waals surface area contributed by atoms with Crippen molar-refractivity contribution in [3.63, 3.8) is 0 Å². The van der Waals surface area contributed by atoms with Gasteiger partial charge in [-0.15, -0.1) is 0 Å². The van der Waals surface area contributed by atoms with Crippen molar-refractivity contribution in [2.75, 3.05) is 18.1 Å². The highest BCUT2D eigenvalue weighted by molar-refractivity contribution is 7.91. The van der Waals surface area contributed by atoms with E-state index in [1.165, 1.54) is 17.5 Å². The quantitative estimate of drug-likeness (QED) is 0.551. The first kappa shape index (κ1) is 21.7. The molecule has 7 heteroatoms. The predicted molar refractivity (Wildman–Crippen MR) is 128 cm³/mol. The summed E-state index contributed by atoms with van der Waals surface area (Å²) in [5.41, 5.74) is 5.64. The molecule has 2 aromatic carbocycles. The summed E-state index contributed by atoms with van der Waals surface area (Å²) in [5, 5.41) is 5.23. The van der Waals surface area contributed by atoms with Crippen LogP contribution < -0.4 is 10.1 Å². The van der Waals surface area contributed by atoms with Crippen molar-refractivity contribution in [2.45, 2.75) is 38.8 Å². The van der Waals surface area contributed by atoms with E-state index >= 15 is 0 Å². The Bertz CT molecular complexity index is 1260. The average molecular weight is 471 g/mol. The van der Waals surface area contributed by atoms with Gasteiger partial charge in [-0.05, 0) is 73.5 Å². The van der Waals surface area contributed by atoms with Gasteiger partial charge in [-0.25, -0.2) is 13.4 Å². The number of aryl methyl sites for hydroxylation is 2. The van der Waals surface area contributed by atoms with Gasteiger partial charge in [-0.3, -0.25) is 0 Å². The van der Waals surface area contributed by atoms with Crippen LogP contribution in [0.2, 0.25) is 5.02 Å². The Morgan fingerprint density at radius 3 is 2.69 bits per heavy atom. The second-order valence-corrected chi connectivity index (χ2v) is 11.5. The van der Waals surface area contributed by atoms with Crippen LogP contribution >= 0.6 is 11.6 Å². The zero-order valence-corrected chi connectivity index (χ0v) is 19.5. The molecule has 1 fully saturated rings. The number of sulfone groups is 1. The van der Waals surface area contributed by atoms with Crippen LogP contribution in [0.5, 0.6) is 5.88 Å². The van der Waals surface area contributed by atoms with Crippen molar-refractivity contribution in [3.05, 3.63) is 69.7 Å². The molecule has 1 unspecified atom stereocenters. The molecular weight excluding hydrogens is 444 g/mol. The van der Waals surface area contributed by atoms with Gasteiger partial charge < -0.3 is 10.1 Å². The van der Waals surface area contributed by atoms with Crippen LogP contribution in [0.15, 0.2) is 42.5 Å². The lowest BCUT2D eigenvalue weighted by Crippen LogP contribution is -2.23. The number of nitrogens with zero attached hydrogens (tertiary/aromatic N) is 1. The summed E-state index contributed by atoms with van der Waals surface area (Å²) in [7, 11) is -2.87. The zero-order chi connectivity index (χ0) is 22.1. The fourth-order valence-corrected chi connectivity index (χ4v) is 6.78. The van der Waals surface area contributed by atoms with Crippen molar-refractivity contribution >= 4 is 32.3 Å². The van der Waals surface area contributed by atoms with Crippen molar-refractivity contribution in [2.24, 2.45) is 5.92 Å². The molecule has 3 aromatic rings. The lowest BCUT2D eigenvalue weighted by molar-refractivity contribution is 0.290. The van der Waals surface area contributed by atoms with Gasteiger partial charge in [0, 0.05) is 28.1 Å². The van der Waals surface area contributed by atoms with Crippen LogP contribution in [0.3, 0.4) is 0 Å². The lowest BCUT2D eigenvalue weighted by Gasteiger charge is -2.15. The minimum Gasteiger partial charge on any atom is -0.472 e. The summed E-state index contributed by atoms with van der Waals surface area (Å²) in [6.07, 6.45) is 4.16. The van der Waals surface area contributed by atoms with Gasteiger partial charge >= 0.3 is 0 Å². The topological polar surface area (TPSA) is 68.3 Å². The minimum atomic E-state index is -2.87. The fourth-order valence-electron chi connectivity index (χ4n) is 4.73. The molecule has 5 nitrogen and oxygen atoms in total. The van der Waals surface area contributed by atoms with Gasteiger partial charge in [0.2, 0.25) is 5.88 Å². The predicted octanol–water partition coefficient (Wildman–Crippen LogP) is 4.48. The van der Waals surface area contributed by atoms with Crippen molar-refractivity contribution < 1.29 is 13.2 Å². The number of pyridine rings is 1. The number of hydrogen-bond acceptors (Lipinski definition) is 5. The fraction of sp³-hybridized carbons (Fsp3) is 0.400. The minimum absolute atomic E-state index is 0.171. The molecule has 1 saturated heterocycles. The highest BCUT2D eigenvalue weighted by Crippen LogP contribution is 2.30. The van der Waals surface area contributed by atoms with Crippen molar-refractivity contribution in [1.82, 2.24) is 10.3 Å². The molecule has 0 saturated carbocycles. The van der Waals surface area contributed by atoms with Crippen LogP contribution in [0.25, 0.3) is 10.9 Å². The van der Waals surface area contributed by atoms with Crippen LogP contribution in [0, 0.1) is 5.92 Å². The Labute approximate surface area is 194 Å². The van der Waals surface area contributed by atoms with Crippen molar-refractivity contribution in [1.29, 1.82) is 0 Å². The van der Waals surface area contributed by atoms with Gasteiger partial charge in [0.25, 0.3) is 0 Å². The number of benzene rings is 2. The van der Waals surface area contributed by atoms with Crippen LogP contribution in [0.4, 0.5) is 0 Å². The van der Waals surface area contributed by atoms with Crippen LogP contribution in [0.1, 0.15) is 35.1 Å². The molecule has 0 amide bonds. The van der Waals surface area contributed by atoms with E-state index in [-0.39, 0.29) is 11.7 Å². The molecule has 0 radical (unpaired) electrons. The SMILES string of the molecule is O=S1(=O)CCC(CNCc2cc3cc4c(cc3nc2OCc2ccccc2Cl)CCC4)C1. The average Bonchev–Trinajstić information content (AvgIpc) is 3.36. The molecule has 1 aliphatic heterocycles. The third-order valence-electron chi connectivity index (χ3n) is 6.46. The molecule has 0 bridgehead atoms. The van der Waals surface area contributed by atoms with Gasteiger partial charge in [0.15, 0.2) is 9.84 Å². The van der Waals surface area contributed by atoms with Gasteiger partial charge in [0.1, 0.15) is 6.61 Å². The highest BCUT2D eigenvalue weighted by Gasteiger charge is 2.27. The molecule has 2 aliphatic rings. The summed E-state index contributed by atoms with van der Waals surface area (Å²) < 4.78 is 29.6. The maximum absolute atomic E-state index is 11.7. The van der Waals surface area contributed by atoms with E-state index in [1.54, 1.807) is 0 Å². The molecule has 32 heavy (non-hydrogen) atoms. The molecule has 1 aliphatic carbocycles. The number of nitrogens with one attached hydrogen (secondary N) is 1. The van der Waals surface area contributed by atoms with E-state index in [9.17, 15) is 8.42 Å². The molecule has 0 spiro atoms.